The zero-order valence-electron chi connectivity index (χ0n) is 17.3. The molecule has 0 fully saturated rings. The lowest BCUT2D eigenvalue weighted by molar-refractivity contribution is 0.102. The molecule has 0 spiro atoms. The summed E-state index contributed by atoms with van der Waals surface area (Å²) < 4.78 is 0. The molecule has 4 aromatic rings. The third kappa shape index (κ3) is 5.37. The lowest BCUT2D eigenvalue weighted by Crippen LogP contribution is -2.28. The molecule has 6 heteroatoms. The Bertz CT molecular complexity index is 1190. The first-order chi connectivity index (χ1) is 15.7. The smallest absolute Gasteiger partial charge is 0.319 e. The van der Waals surface area contributed by atoms with Gasteiger partial charge in [-0.2, -0.15) is 0 Å². The molecule has 0 aliphatic carbocycles. The predicted molar refractivity (Wildman–Crippen MR) is 126 cm³/mol. The van der Waals surface area contributed by atoms with Crippen LogP contribution in [0.3, 0.4) is 0 Å². The topological polar surface area (TPSA) is 83.1 Å². The number of pyridine rings is 1. The van der Waals surface area contributed by atoms with Gasteiger partial charge in [-0.3, -0.25) is 9.78 Å². The van der Waals surface area contributed by atoms with Crippen molar-refractivity contribution < 1.29 is 9.59 Å². The summed E-state index contributed by atoms with van der Waals surface area (Å²) >= 11 is 0. The van der Waals surface area contributed by atoms with E-state index in [4.69, 9.17) is 0 Å². The van der Waals surface area contributed by atoms with E-state index in [1.807, 2.05) is 60.7 Å². The van der Waals surface area contributed by atoms with Gasteiger partial charge in [0.25, 0.3) is 5.91 Å². The Hall–Kier alpha value is -4.45. The summed E-state index contributed by atoms with van der Waals surface area (Å²) in [5, 5.41) is 8.47. The number of hydrogen-bond acceptors (Lipinski definition) is 3. The molecule has 3 N–H and O–H groups in total. The summed E-state index contributed by atoms with van der Waals surface area (Å²) in [6.07, 6.45) is 3.39. The van der Waals surface area contributed by atoms with Crippen LogP contribution in [0.15, 0.2) is 103 Å². The van der Waals surface area contributed by atoms with Crippen molar-refractivity contribution in [3.05, 3.63) is 115 Å². The number of nitrogens with zero attached hydrogens (tertiary/aromatic N) is 1. The molecule has 0 radical (unpaired) electrons. The Morgan fingerprint density at radius 1 is 0.719 bits per heavy atom. The molecule has 3 amide bonds. The van der Waals surface area contributed by atoms with E-state index in [2.05, 4.69) is 20.9 Å². The lowest BCUT2D eigenvalue weighted by atomic mass is 9.99. The second-order valence-corrected chi connectivity index (χ2v) is 7.11. The molecule has 0 atom stereocenters. The van der Waals surface area contributed by atoms with Crippen LogP contribution in [0.2, 0.25) is 0 Å². The van der Waals surface area contributed by atoms with Gasteiger partial charge in [-0.25, -0.2) is 4.79 Å². The van der Waals surface area contributed by atoms with E-state index in [-0.39, 0.29) is 11.9 Å². The van der Waals surface area contributed by atoms with Crippen LogP contribution < -0.4 is 16.0 Å². The van der Waals surface area contributed by atoms with E-state index in [1.54, 1.807) is 42.7 Å². The SMILES string of the molecule is O=C(NCc1cccnc1)Nc1ccc(NC(=O)c2ccccc2-c2ccccc2)cc1. The number of hydrogen-bond donors (Lipinski definition) is 3. The molecule has 0 bridgehead atoms. The number of anilines is 2. The maximum Gasteiger partial charge on any atom is 0.319 e. The molecule has 1 heterocycles. The second-order valence-electron chi connectivity index (χ2n) is 7.11. The van der Waals surface area contributed by atoms with E-state index in [1.165, 1.54) is 0 Å². The summed E-state index contributed by atoms with van der Waals surface area (Å²) in [6.45, 7) is 0.384. The van der Waals surface area contributed by atoms with Crippen LogP contribution in [0.4, 0.5) is 16.2 Å². The van der Waals surface area contributed by atoms with Crippen LogP contribution in [0.25, 0.3) is 11.1 Å². The van der Waals surface area contributed by atoms with Crippen molar-refractivity contribution >= 4 is 23.3 Å². The van der Waals surface area contributed by atoms with Gasteiger partial charge in [0.1, 0.15) is 0 Å². The average Bonchev–Trinajstić information content (AvgIpc) is 2.85. The molecule has 4 rings (SSSR count). The van der Waals surface area contributed by atoms with Crippen LogP contribution in [0, 0.1) is 0 Å². The molecule has 6 nitrogen and oxygen atoms in total. The maximum absolute atomic E-state index is 12.9. The van der Waals surface area contributed by atoms with Crippen molar-refractivity contribution in [3.8, 4) is 11.1 Å². The molecule has 158 valence electrons. The Morgan fingerprint density at radius 2 is 1.41 bits per heavy atom. The molecule has 0 saturated heterocycles. The molecule has 0 saturated carbocycles. The van der Waals surface area contributed by atoms with Gasteiger partial charge in [-0.15, -0.1) is 0 Å². The highest BCUT2D eigenvalue weighted by molar-refractivity contribution is 6.08. The molecular formula is C26H22N4O2. The maximum atomic E-state index is 12.9. The molecule has 1 aromatic heterocycles. The van der Waals surface area contributed by atoms with E-state index >= 15 is 0 Å². The minimum absolute atomic E-state index is 0.195. The number of urea groups is 1. The normalized spacial score (nSPS) is 10.2. The predicted octanol–water partition coefficient (Wildman–Crippen LogP) is 5.32. The average molecular weight is 422 g/mol. The highest BCUT2D eigenvalue weighted by atomic mass is 16.2. The molecule has 3 aromatic carbocycles. The number of nitrogens with one attached hydrogen (secondary N) is 3. The van der Waals surface area contributed by atoms with Crippen LogP contribution in [0.5, 0.6) is 0 Å². The van der Waals surface area contributed by atoms with E-state index in [0.717, 1.165) is 16.7 Å². The lowest BCUT2D eigenvalue weighted by Gasteiger charge is -2.11. The number of benzene rings is 3. The Balaban J connectivity index is 1.37. The molecule has 0 aliphatic rings. The third-order valence-electron chi connectivity index (χ3n) is 4.83. The summed E-state index contributed by atoms with van der Waals surface area (Å²) in [4.78, 5) is 29.0. The van der Waals surface area contributed by atoms with E-state index < -0.39 is 0 Å². The Kier molecular flexibility index (Phi) is 6.53. The third-order valence-corrected chi connectivity index (χ3v) is 4.83. The fourth-order valence-corrected chi connectivity index (χ4v) is 3.25. The molecule has 0 aliphatic heterocycles. The zero-order chi connectivity index (χ0) is 22.2. The van der Waals surface area contributed by atoms with Crippen molar-refractivity contribution in [2.24, 2.45) is 0 Å². The summed E-state index contributed by atoms with van der Waals surface area (Å²) in [5.41, 5.74) is 4.62. The van der Waals surface area contributed by atoms with Crippen LogP contribution in [-0.4, -0.2) is 16.9 Å². The monoisotopic (exact) mass is 422 g/mol. The number of carbonyl (C=O) groups is 2. The van der Waals surface area contributed by atoms with E-state index in [0.29, 0.717) is 23.5 Å². The summed E-state index contributed by atoms with van der Waals surface area (Å²) in [6, 6.07) is 27.7. The van der Waals surface area contributed by atoms with Crippen molar-refractivity contribution in [3.63, 3.8) is 0 Å². The van der Waals surface area contributed by atoms with Crippen molar-refractivity contribution in [1.29, 1.82) is 0 Å². The molecule has 32 heavy (non-hydrogen) atoms. The van der Waals surface area contributed by atoms with Gasteiger partial charge in [-0.05, 0) is 53.1 Å². The standard InChI is InChI=1S/C26H22N4O2/c31-25(24-11-5-4-10-23(24)20-8-2-1-3-9-20)29-21-12-14-22(15-13-21)30-26(32)28-18-19-7-6-16-27-17-19/h1-17H,18H2,(H,29,31)(H2,28,30,32). The second kappa shape index (κ2) is 10.0. The fraction of sp³-hybridized carbons (Fsp3) is 0.0385. The first-order valence-electron chi connectivity index (χ1n) is 10.2. The minimum atomic E-state index is -0.317. The Morgan fingerprint density at radius 3 is 2.12 bits per heavy atom. The quantitative estimate of drug-likeness (QED) is 0.393. The minimum Gasteiger partial charge on any atom is -0.334 e. The number of amides is 3. The van der Waals surface area contributed by atoms with Crippen molar-refractivity contribution in [2.45, 2.75) is 6.54 Å². The molecular weight excluding hydrogens is 400 g/mol. The van der Waals surface area contributed by atoms with Crippen LogP contribution in [0.1, 0.15) is 15.9 Å². The first kappa shape index (κ1) is 20.8. The number of rotatable bonds is 6. The van der Waals surface area contributed by atoms with Gasteiger partial charge in [0.2, 0.25) is 0 Å². The first-order valence-corrected chi connectivity index (χ1v) is 10.2. The van der Waals surface area contributed by atoms with Gasteiger partial charge in [0, 0.05) is 35.9 Å². The fourth-order valence-electron chi connectivity index (χ4n) is 3.25. The number of carbonyl (C=O) groups excluding carboxylic acids is 2. The van der Waals surface area contributed by atoms with Crippen LogP contribution >= 0.6 is 0 Å². The summed E-state index contributed by atoms with van der Waals surface area (Å²) in [7, 11) is 0. The van der Waals surface area contributed by atoms with Gasteiger partial charge in [0.05, 0.1) is 0 Å². The van der Waals surface area contributed by atoms with Crippen molar-refractivity contribution in [1.82, 2.24) is 10.3 Å². The van der Waals surface area contributed by atoms with Gasteiger partial charge < -0.3 is 16.0 Å². The highest BCUT2D eigenvalue weighted by Gasteiger charge is 2.12. The Labute approximate surface area is 186 Å². The van der Waals surface area contributed by atoms with Crippen LogP contribution in [-0.2, 0) is 6.54 Å². The van der Waals surface area contributed by atoms with Gasteiger partial charge in [0.15, 0.2) is 0 Å². The number of aromatic nitrogens is 1. The zero-order valence-corrected chi connectivity index (χ0v) is 17.3. The van der Waals surface area contributed by atoms with Gasteiger partial charge >= 0.3 is 6.03 Å². The van der Waals surface area contributed by atoms with E-state index in [9.17, 15) is 9.59 Å². The largest absolute Gasteiger partial charge is 0.334 e. The molecule has 0 unspecified atom stereocenters. The summed E-state index contributed by atoms with van der Waals surface area (Å²) in [5.74, 6) is -0.195. The van der Waals surface area contributed by atoms with Crippen molar-refractivity contribution in [2.75, 3.05) is 10.6 Å². The van der Waals surface area contributed by atoms with Gasteiger partial charge in [-0.1, -0.05) is 54.6 Å². The highest BCUT2D eigenvalue weighted by Crippen LogP contribution is 2.24.